The van der Waals surface area contributed by atoms with Gasteiger partial charge in [0.2, 0.25) is 0 Å². The minimum Gasteiger partial charge on any atom is -0.822 e. The van der Waals surface area contributed by atoms with Crippen molar-refractivity contribution in [1.82, 2.24) is 0 Å². The molecule has 0 N–H and O–H groups in total. The molecular weight excluding hydrogens is 164 g/mol. The minimum atomic E-state index is -5.39. The zero-order chi connectivity index (χ0) is 4.50. The molecule has 37 valence electrons. The Kier molecular flexibility index (Phi) is 24.9. The smallest absolute Gasteiger partial charge is 0.822 e. The standard InChI is InChI=1S/2Li.Mn.H3O4P/c;;;1-5(2,3)4/h;;;(H3,1,2,3,4)/q2*+1;+2;/p-3. The molecule has 8 heteroatoms. The van der Waals surface area contributed by atoms with Gasteiger partial charge in [0.25, 0.3) is 0 Å². The Labute approximate surface area is 81.5 Å². The van der Waals surface area contributed by atoms with E-state index in [-0.39, 0.29) is 54.8 Å². The maximum Gasteiger partial charge on any atom is 2.00 e. The van der Waals surface area contributed by atoms with Crippen molar-refractivity contribution in [3.63, 3.8) is 0 Å². The number of phosphoric acid groups is 1. The van der Waals surface area contributed by atoms with E-state index in [0.29, 0.717) is 0 Å². The average Bonchev–Trinajstić information content (AvgIpc) is 0.722. The Morgan fingerprint density at radius 1 is 1.00 bits per heavy atom. The Morgan fingerprint density at radius 3 is 1.00 bits per heavy atom. The van der Waals surface area contributed by atoms with Crippen molar-refractivity contribution in [3.8, 4) is 0 Å². The average molecular weight is 164 g/mol. The van der Waals surface area contributed by atoms with E-state index in [2.05, 4.69) is 0 Å². The van der Waals surface area contributed by atoms with Crippen molar-refractivity contribution in [2.24, 2.45) is 0 Å². The summed E-state index contributed by atoms with van der Waals surface area (Å²) in [5.41, 5.74) is 0. The van der Waals surface area contributed by atoms with E-state index in [4.69, 9.17) is 19.2 Å². The SMILES string of the molecule is O=P([O-])([O-])[O-].[Li+].[Li+].[Mn+2]. The molecule has 0 atom stereocenters. The van der Waals surface area contributed by atoms with Gasteiger partial charge in [0.15, 0.2) is 0 Å². The molecule has 0 aromatic rings. The zero-order valence-electron chi connectivity index (χ0n) is 4.46. The fraction of sp³-hybridized carbons (Fsp3) is 0. The Morgan fingerprint density at radius 2 is 1.00 bits per heavy atom. The van der Waals surface area contributed by atoms with E-state index in [1.807, 2.05) is 0 Å². The van der Waals surface area contributed by atoms with Gasteiger partial charge in [-0.25, -0.2) is 0 Å². The van der Waals surface area contributed by atoms with Crippen LogP contribution in [0.15, 0.2) is 0 Å². The normalized spacial score (nSPS) is 7.38. The molecule has 1 radical (unpaired) electrons. The van der Waals surface area contributed by atoms with Crippen LogP contribution in [0, 0.1) is 0 Å². The Bertz CT molecular complexity index is 60.2. The maximum absolute atomic E-state index is 8.55. The fourth-order valence-corrected chi connectivity index (χ4v) is 0. The molecule has 8 heavy (non-hydrogen) atoms. The summed E-state index contributed by atoms with van der Waals surface area (Å²) >= 11 is 0. The second kappa shape index (κ2) is 8.82. The van der Waals surface area contributed by atoms with E-state index < -0.39 is 7.82 Å². The number of rotatable bonds is 0. The summed E-state index contributed by atoms with van der Waals surface area (Å²) in [7, 11) is -5.39. The van der Waals surface area contributed by atoms with E-state index in [1.54, 1.807) is 0 Å². The molecule has 0 rings (SSSR count). The molecule has 0 aliphatic rings. The van der Waals surface area contributed by atoms with Crippen molar-refractivity contribution in [1.29, 1.82) is 0 Å². The van der Waals surface area contributed by atoms with Gasteiger partial charge in [-0.05, 0) is 0 Å². The number of hydrogen-bond acceptors (Lipinski definition) is 4. The second-order valence-electron chi connectivity index (χ2n) is 0.447. The van der Waals surface area contributed by atoms with Crippen LogP contribution < -0.4 is 52.4 Å². The molecule has 0 aromatic heterocycles. The monoisotopic (exact) mass is 164 g/mol. The fourth-order valence-electron chi connectivity index (χ4n) is 0. The largest absolute Gasteiger partial charge is 2.00 e. The first-order chi connectivity index (χ1) is 2.00. The van der Waals surface area contributed by atoms with Crippen molar-refractivity contribution in [2.75, 3.05) is 0 Å². The Hall–Kier alpha value is 1.82. The van der Waals surface area contributed by atoms with Gasteiger partial charge >= 0.3 is 54.8 Å². The van der Waals surface area contributed by atoms with Crippen LogP contribution in [0.25, 0.3) is 0 Å². The molecule has 0 amide bonds. The van der Waals surface area contributed by atoms with Gasteiger partial charge in [-0.2, -0.15) is 7.82 Å². The van der Waals surface area contributed by atoms with Gasteiger partial charge in [0.1, 0.15) is 0 Å². The Balaban J connectivity index is -0.0000000267. The van der Waals surface area contributed by atoms with Crippen molar-refractivity contribution < 1.29 is 74.0 Å². The molecular formula is Li2MnO4P+. The van der Waals surface area contributed by atoms with Gasteiger partial charge in [-0.3, -0.25) is 0 Å². The summed E-state index contributed by atoms with van der Waals surface area (Å²) < 4.78 is 8.55. The minimum absolute atomic E-state index is 0. The first-order valence-corrected chi connectivity index (χ1v) is 2.19. The van der Waals surface area contributed by atoms with E-state index in [0.717, 1.165) is 0 Å². The van der Waals surface area contributed by atoms with Crippen LogP contribution >= 0.6 is 7.82 Å². The first kappa shape index (κ1) is 22.6. The van der Waals surface area contributed by atoms with Crippen LogP contribution in [-0.4, -0.2) is 0 Å². The van der Waals surface area contributed by atoms with Crippen LogP contribution in [0.4, 0.5) is 0 Å². The topological polar surface area (TPSA) is 86.2 Å². The van der Waals surface area contributed by atoms with E-state index in [1.165, 1.54) is 0 Å². The second-order valence-corrected chi connectivity index (χ2v) is 1.34. The van der Waals surface area contributed by atoms with Crippen molar-refractivity contribution >= 4 is 7.82 Å². The predicted molar refractivity (Wildman–Crippen MR) is 7.61 cm³/mol. The third kappa shape index (κ3) is 109. The quantitative estimate of drug-likeness (QED) is 0.262. The third-order valence-electron chi connectivity index (χ3n) is 0. The summed E-state index contributed by atoms with van der Waals surface area (Å²) in [5.74, 6) is 0. The van der Waals surface area contributed by atoms with Gasteiger partial charge in [-0.15, -0.1) is 0 Å². The van der Waals surface area contributed by atoms with Gasteiger partial charge in [-0.1, -0.05) is 0 Å². The molecule has 0 saturated carbocycles. The third-order valence-corrected chi connectivity index (χ3v) is 0. The maximum atomic E-state index is 8.55. The molecule has 4 nitrogen and oxygen atoms in total. The van der Waals surface area contributed by atoms with E-state index >= 15 is 0 Å². The van der Waals surface area contributed by atoms with Crippen LogP contribution in [0.2, 0.25) is 0 Å². The van der Waals surface area contributed by atoms with Crippen molar-refractivity contribution in [2.45, 2.75) is 0 Å². The summed E-state index contributed by atoms with van der Waals surface area (Å²) in [6.45, 7) is 0. The van der Waals surface area contributed by atoms with Crippen LogP contribution in [0.3, 0.4) is 0 Å². The summed E-state index contributed by atoms with van der Waals surface area (Å²) in [6.07, 6.45) is 0. The molecule has 0 spiro atoms. The van der Waals surface area contributed by atoms with Crippen LogP contribution in [0.5, 0.6) is 0 Å². The molecule has 0 aromatic carbocycles. The van der Waals surface area contributed by atoms with Gasteiger partial charge < -0.3 is 19.2 Å². The summed E-state index contributed by atoms with van der Waals surface area (Å²) in [4.78, 5) is 25.6. The zero-order valence-corrected chi connectivity index (χ0v) is 6.53. The molecule has 0 aliphatic heterocycles. The van der Waals surface area contributed by atoms with Crippen LogP contribution in [0.1, 0.15) is 0 Å². The summed E-state index contributed by atoms with van der Waals surface area (Å²) in [5, 5.41) is 0. The van der Waals surface area contributed by atoms with Gasteiger partial charge in [0, 0.05) is 0 Å². The van der Waals surface area contributed by atoms with Gasteiger partial charge in [0.05, 0.1) is 0 Å². The molecule has 0 unspecified atom stereocenters. The van der Waals surface area contributed by atoms with Crippen LogP contribution in [-0.2, 0) is 21.6 Å². The van der Waals surface area contributed by atoms with E-state index in [9.17, 15) is 0 Å². The first-order valence-electron chi connectivity index (χ1n) is 0.730. The molecule has 0 fully saturated rings. The molecule has 0 heterocycles. The molecule has 0 saturated heterocycles. The summed E-state index contributed by atoms with van der Waals surface area (Å²) in [6, 6.07) is 0. The molecule has 0 aliphatic carbocycles. The molecule has 0 bridgehead atoms. The number of hydrogen-bond donors (Lipinski definition) is 0. The van der Waals surface area contributed by atoms with Crippen molar-refractivity contribution in [3.05, 3.63) is 0 Å². The predicted octanol–water partition coefficient (Wildman–Crippen LogP) is -8.82.